The predicted molar refractivity (Wildman–Crippen MR) is 115 cm³/mol. The van der Waals surface area contributed by atoms with E-state index in [9.17, 15) is 13.2 Å². The molecule has 3 aromatic rings. The van der Waals surface area contributed by atoms with Gasteiger partial charge in [-0.15, -0.1) is 0 Å². The summed E-state index contributed by atoms with van der Waals surface area (Å²) in [7, 11) is -3.94. The Balaban J connectivity index is 1.68. The molecule has 0 saturated heterocycles. The van der Waals surface area contributed by atoms with Crippen LogP contribution < -0.4 is 9.61 Å². The number of rotatable bonds is 6. The summed E-state index contributed by atoms with van der Waals surface area (Å²) in [5.74, 6) is -0.218. The minimum Gasteiger partial charge on any atom is -0.379 e. The van der Waals surface area contributed by atoms with Gasteiger partial charge in [-0.25, -0.2) is 5.43 Å². The van der Waals surface area contributed by atoms with Crippen molar-refractivity contribution in [3.05, 3.63) is 94.0 Å². The quantitative estimate of drug-likeness (QED) is 0.329. The minimum atomic E-state index is -3.94. The standard InChI is InChI=1S/C21H17BrN2O4S/c1-15-8-10-20(11-9-15)29(26,27)28-19-7-2-4-16(12-19)14-23-24-21(25)17-5-3-6-18(22)13-17/h2-14H,1H3,(H,24,25)/b23-14-. The van der Waals surface area contributed by atoms with Gasteiger partial charge in [-0.1, -0.05) is 51.8 Å². The summed E-state index contributed by atoms with van der Waals surface area (Å²) < 4.78 is 30.8. The van der Waals surface area contributed by atoms with Crippen molar-refractivity contribution in [2.45, 2.75) is 11.8 Å². The van der Waals surface area contributed by atoms with Gasteiger partial charge in [0.15, 0.2) is 0 Å². The average Bonchev–Trinajstić information content (AvgIpc) is 2.68. The number of benzene rings is 3. The molecule has 0 radical (unpaired) electrons. The van der Waals surface area contributed by atoms with E-state index in [2.05, 4.69) is 26.5 Å². The van der Waals surface area contributed by atoms with Crippen molar-refractivity contribution >= 4 is 38.2 Å². The maximum atomic E-state index is 12.4. The van der Waals surface area contributed by atoms with Crippen LogP contribution in [0.2, 0.25) is 0 Å². The predicted octanol–water partition coefficient (Wildman–Crippen LogP) is 4.29. The Morgan fingerprint density at radius 1 is 1.03 bits per heavy atom. The van der Waals surface area contributed by atoms with Crippen molar-refractivity contribution in [2.75, 3.05) is 0 Å². The molecule has 1 amide bonds. The van der Waals surface area contributed by atoms with Crippen LogP contribution in [0.25, 0.3) is 0 Å². The molecule has 0 aliphatic carbocycles. The van der Waals surface area contributed by atoms with Crippen molar-refractivity contribution < 1.29 is 17.4 Å². The summed E-state index contributed by atoms with van der Waals surface area (Å²) >= 11 is 3.31. The zero-order valence-electron chi connectivity index (χ0n) is 15.4. The Morgan fingerprint density at radius 3 is 2.48 bits per heavy atom. The van der Waals surface area contributed by atoms with Crippen molar-refractivity contribution in [3.8, 4) is 5.75 Å². The van der Waals surface area contributed by atoms with Crippen LogP contribution in [0.4, 0.5) is 0 Å². The highest BCUT2D eigenvalue weighted by Gasteiger charge is 2.16. The van der Waals surface area contributed by atoms with E-state index in [1.807, 2.05) is 13.0 Å². The Hall–Kier alpha value is -2.97. The fourth-order valence-corrected chi connectivity index (χ4v) is 3.71. The summed E-state index contributed by atoms with van der Waals surface area (Å²) in [6.45, 7) is 1.87. The summed E-state index contributed by atoms with van der Waals surface area (Å²) in [5, 5.41) is 3.91. The van der Waals surface area contributed by atoms with Crippen LogP contribution in [0.1, 0.15) is 21.5 Å². The first-order valence-corrected chi connectivity index (χ1v) is 10.7. The normalized spacial score (nSPS) is 11.4. The molecular formula is C21H17BrN2O4S. The van der Waals surface area contributed by atoms with Gasteiger partial charge >= 0.3 is 10.1 Å². The molecular weight excluding hydrogens is 456 g/mol. The van der Waals surface area contributed by atoms with Gasteiger partial charge < -0.3 is 4.18 Å². The molecule has 0 atom stereocenters. The number of carbonyl (C=O) groups is 1. The minimum absolute atomic E-state index is 0.0726. The van der Waals surface area contributed by atoms with Gasteiger partial charge in [0.05, 0.1) is 6.21 Å². The van der Waals surface area contributed by atoms with Crippen LogP contribution in [-0.4, -0.2) is 20.5 Å². The summed E-state index contributed by atoms with van der Waals surface area (Å²) in [4.78, 5) is 12.1. The van der Waals surface area contributed by atoms with Gasteiger partial charge in [0.1, 0.15) is 10.6 Å². The number of hydrogen-bond donors (Lipinski definition) is 1. The second kappa shape index (κ2) is 9.02. The number of carbonyl (C=O) groups excluding carboxylic acids is 1. The van der Waals surface area contributed by atoms with Gasteiger partial charge in [0, 0.05) is 10.0 Å². The first-order valence-electron chi connectivity index (χ1n) is 8.54. The highest BCUT2D eigenvalue weighted by atomic mass is 79.9. The molecule has 148 valence electrons. The summed E-state index contributed by atoms with van der Waals surface area (Å²) in [6.07, 6.45) is 1.40. The lowest BCUT2D eigenvalue weighted by atomic mass is 10.2. The number of hydrazone groups is 1. The largest absolute Gasteiger partial charge is 0.379 e. The van der Waals surface area contributed by atoms with Gasteiger partial charge in [0.25, 0.3) is 5.91 Å². The van der Waals surface area contributed by atoms with Crippen LogP contribution in [0.15, 0.2) is 87.3 Å². The molecule has 0 spiro atoms. The molecule has 0 fully saturated rings. The first-order chi connectivity index (χ1) is 13.8. The molecule has 0 aromatic heterocycles. The zero-order valence-corrected chi connectivity index (χ0v) is 17.8. The Kier molecular flexibility index (Phi) is 6.46. The third kappa shape index (κ3) is 5.75. The fourth-order valence-electron chi connectivity index (χ4n) is 2.39. The van der Waals surface area contributed by atoms with Crippen molar-refractivity contribution in [1.29, 1.82) is 0 Å². The van der Waals surface area contributed by atoms with Crippen molar-refractivity contribution in [2.24, 2.45) is 5.10 Å². The second-order valence-corrected chi connectivity index (χ2v) is 8.59. The molecule has 0 aliphatic heterocycles. The van der Waals surface area contributed by atoms with Gasteiger partial charge in [-0.05, 0) is 55.0 Å². The molecule has 0 saturated carbocycles. The number of hydrogen-bond acceptors (Lipinski definition) is 5. The van der Waals surface area contributed by atoms with Crippen LogP contribution in [0.3, 0.4) is 0 Å². The lowest BCUT2D eigenvalue weighted by Gasteiger charge is -2.07. The molecule has 3 rings (SSSR count). The molecule has 6 nitrogen and oxygen atoms in total. The van der Waals surface area contributed by atoms with E-state index < -0.39 is 10.1 Å². The van der Waals surface area contributed by atoms with Crippen LogP contribution in [0, 0.1) is 6.92 Å². The van der Waals surface area contributed by atoms with Gasteiger partial charge in [-0.3, -0.25) is 4.79 Å². The van der Waals surface area contributed by atoms with E-state index >= 15 is 0 Å². The number of halogens is 1. The van der Waals surface area contributed by atoms with Crippen molar-refractivity contribution in [1.82, 2.24) is 5.43 Å². The lowest BCUT2D eigenvalue weighted by molar-refractivity contribution is 0.0955. The molecule has 0 unspecified atom stereocenters. The van der Waals surface area contributed by atoms with E-state index in [1.165, 1.54) is 30.5 Å². The Labute approximate surface area is 177 Å². The van der Waals surface area contributed by atoms with E-state index in [4.69, 9.17) is 4.18 Å². The molecule has 29 heavy (non-hydrogen) atoms. The third-order valence-electron chi connectivity index (χ3n) is 3.84. The number of aryl methyl sites for hydroxylation is 1. The topological polar surface area (TPSA) is 84.8 Å². The smallest absolute Gasteiger partial charge is 0.339 e. The molecule has 0 heterocycles. The van der Waals surface area contributed by atoms with E-state index in [-0.39, 0.29) is 16.6 Å². The molecule has 3 aromatic carbocycles. The maximum absolute atomic E-state index is 12.4. The summed E-state index contributed by atoms with van der Waals surface area (Å²) in [6, 6.07) is 19.7. The molecule has 0 aliphatic rings. The highest BCUT2D eigenvalue weighted by Crippen LogP contribution is 2.20. The molecule has 1 N–H and O–H groups in total. The Morgan fingerprint density at radius 2 is 1.76 bits per heavy atom. The second-order valence-electron chi connectivity index (χ2n) is 6.13. The van der Waals surface area contributed by atoms with E-state index in [0.717, 1.165) is 10.0 Å². The van der Waals surface area contributed by atoms with Crippen LogP contribution in [0.5, 0.6) is 5.75 Å². The SMILES string of the molecule is Cc1ccc(S(=O)(=O)Oc2cccc(/C=N\NC(=O)c3cccc(Br)c3)c2)cc1. The van der Waals surface area contributed by atoms with Crippen LogP contribution >= 0.6 is 15.9 Å². The molecule has 8 heteroatoms. The number of amides is 1. The molecule has 0 bridgehead atoms. The lowest BCUT2D eigenvalue weighted by Crippen LogP contribution is -2.17. The van der Waals surface area contributed by atoms with Crippen molar-refractivity contribution in [3.63, 3.8) is 0 Å². The van der Waals surface area contributed by atoms with E-state index in [0.29, 0.717) is 11.1 Å². The van der Waals surface area contributed by atoms with Crippen LogP contribution in [-0.2, 0) is 10.1 Å². The Bertz CT molecular complexity index is 1160. The zero-order chi connectivity index (χ0) is 20.9. The van der Waals surface area contributed by atoms with E-state index in [1.54, 1.807) is 42.5 Å². The monoisotopic (exact) mass is 472 g/mol. The summed E-state index contributed by atoms with van der Waals surface area (Å²) in [5.41, 5.74) is 4.40. The highest BCUT2D eigenvalue weighted by molar-refractivity contribution is 9.10. The fraction of sp³-hybridized carbons (Fsp3) is 0.0476. The number of nitrogens with one attached hydrogen (secondary N) is 1. The van der Waals surface area contributed by atoms with Gasteiger partial charge in [-0.2, -0.15) is 13.5 Å². The maximum Gasteiger partial charge on any atom is 0.339 e. The van der Waals surface area contributed by atoms with Gasteiger partial charge in [0.2, 0.25) is 0 Å². The third-order valence-corrected chi connectivity index (χ3v) is 5.59. The average molecular weight is 473 g/mol. The number of nitrogens with zero attached hydrogens (tertiary/aromatic N) is 1. The first kappa shape index (κ1) is 20.8.